The van der Waals surface area contributed by atoms with Gasteiger partial charge in [-0.15, -0.1) is 0 Å². The van der Waals surface area contributed by atoms with E-state index in [0.717, 1.165) is 38.9 Å². The number of hydrogen-bond acceptors (Lipinski definition) is 3. The topological polar surface area (TPSA) is 62.6 Å². The number of anilines is 2. The quantitative estimate of drug-likeness (QED) is 0.246. The van der Waals surface area contributed by atoms with Gasteiger partial charge >= 0.3 is 6.03 Å². The fourth-order valence-corrected chi connectivity index (χ4v) is 4.71. The van der Waals surface area contributed by atoms with Gasteiger partial charge in [-0.05, 0) is 79.9 Å². The van der Waals surface area contributed by atoms with Crippen LogP contribution in [0.1, 0.15) is 29.4 Å². The zero-order valence-corrected chi connectivity index (χ0v) is 21.0. The molecule has 0 aliphatic carbocycles. The predicted molar refractivity (Wildman–Crippen MR) is 146 cm³/mol. The van der Waals surface area contributed by atoms with E-state index < -0.39 is 17.8 Å². The van der Waals surface area contributed by atoms with E-state index in [0.29, 0.717) is 11.4 Å². The molecule has 3 aromatic carbocycles. The van der Waals surface area contributed by atoms with Gasteiger partial charge in [0.15, 0.2) is 0 Å². The van der Waals surface area contributed by atoms with Crippen LogP contribution >= 0.6 is 0 Å². The van der Waals surface area contributed by atoms with Crippen LogP contribution in [0.5, 0.6) is 0 Å². The van der Waals surface area contributed by atoms with Crippen LogP contribution in [0.25, 0.3) is 11.8 Å². The first-order chi connectivity index (χ1) is 17.9. The SMILES string of the molecule is CCc1ccc(-n2c(C)cc(C=C3C(=O)N(c4ccccc4)C(=O)N(c4ccccc4)C3=O)c2C)cc1. The van der Waals surface area contributed by atoms with Crippen LogP contribution in [0.4, 0.5) is 16.2 Å². The van der Waals surface area contributed by atoms with Gasteiger partial charge in [-0.1, -0.05) is 55.5 Å². The molecule has 0 saturated carbocycles. The van der Waals surface area contributed by atoms with E-state index in [2.05, 4.69) is 35.8 Å². The standard InChI is InChI=1S/C31H27N3O3/c1-4-23-15-17-27(18-16-23)32-21(2)19-24(22(32)3)20-28-29(35)33(25-11-7-5-8-12-25)31(37)34(30(28)36)26-13-9-6-10-14-26/h5-20H,4H2,1-3H3. The lowest BCUT2D eigenvalue weighted by molar-refractivity contribution is -0.121. The van der Waals surface area contributed by atoms with Crippen molar-refractivity contribution in [3.63, 3.8) is 0 Å². The zero-order chi connectivity index (χ0) is 26.1. The van der Waals surface area contributed by atoms with Crippen molar-refractivity contribution < 1.29 is 14.4 Å². The second-order valence-corrected chi connectivity index (χ2v) is 8.97. The average molecular weight is 490 g/mol. The molecule has 4 amide bonds. The number of amides is 4. The van der Waals surface area contributed by atoms with E-state index in [1.807, 2.05) is 19.9 Å². The fourth-order valence-electron chi connectivity index (χ4n) is 4.71. The zero-order valence-electron chi connectivity index (χ0n) is 21.0. The maximum atomic E-state index is 13.7. The summed E-state index contributed by atoms with van der Waals surface area (Å²) in [6, 6.07) is 26.9. The number of benzene rings is 3. The number of urea groups is 1. The minimum atomic E-state index is -0.703. The maximum absolute atomic E-state index is 13.7. The largest absolute Gasteiger partial charge is 0.343 e. The third-order valence-electron chi connectivity index (χ3n) is 6.65. The lowest BCUT2D eigenvalue weighted by Gasteiger charge is -2.33. The molecule has 37 heavy (non-hydrogen) atoms. The first kappa shape index (κ1) is 24.0. The lowest BCUT2D eigenvalue weighted by atomic mass is 10.0. The first-order valence-corrected chi connectivity index (χ1v) is 12.2. The lowest BCUT2D eigenvalue weighted by Crippen LogP contribution is -2.57. The molecule has 0 radical (unpaired) electrons. The fraction of sp³-hybridized carbons (Fsp3) is 0.129. The molecule has 0 bridgehead atoms. The summed E-state index contributed by atoms with van der Waals surface area (Å²) in [4.78, 5) is 42.9. The third kappa shape index (κ3) is 4.27. The molecule has 6 nitrogen and oxygen atoms in total. The van der Waals surface area contributed by atoms with Gasteiger partial charge in [-0.25, -0.2) is 14.6 Å². The number of hydrogen-bond donors (Lipinski definition) is 0. The Morgan fingerprint density at radius 1 is 0.676 bits per heavy atom. The van der Waals surface area contributed by atoms with Crippen LogP contribution in [0, 0.1) is 13.8 Å². The number of barbiturate groups is 1. The number of nitrogens with zero attached hydrogens (tertiary/aromatic N) is 3. The molecule has 1 aliphatic heterocycles. The Kier molecular flexibility index (Phi) is 6.32. The van der Waals surface area contributed by atoms with E-state index in [9.17, 15) is 14.4 Å². The number of imide groups is 2. The molecule has 1 aliphatic rings. The highest BCUT2D eigenvalue weighted by molar-refractivity contribution is 6.46. The second kappa shape index (κ2) is 9.74. The van der Waals surface area contributed by atoms with E-state index in [4.69, 9.17) is 0 Å². The van der Waals surface area contributed by atoms with Crippen molar-refractivity contribution in [1.82, 2.24) is 4.57 Å². The van der Waals surface area contributed by atoms with Crippen molar-refractivity contribution in [3.05, 3.63) is 119 Å². The van der Waals surface area contributed by atoms with Gasteiger partial charge in [0, 0.05) is 17.1 Å². The monoisotopic (exact) mass is 489 g/mol. The minimum absolute atomic E-state index is 0.0751. The molecule has 184 valence electrons. The molecule has 1 saturated heterocycles. The van der Waals surface area contributed by atoms with Crippen LogP contribution in [0.15, 0.2) is 96.6 Å². The van der Waals surface area contributed by atoms with Gasteiger partial charge in [0.2, 0.25) is 0 Å². The van der Waals surface area contributed by atoms with Gasteiger partial charge < -0.3 is 4.57 Å². The summed E-state index contributed by atoms with van der Waals surface area (Å²) in [6.07, 6.45) is 2.56. The average Bonchev–Trinajstić information content (AvgIpc) is 3.20. The molecule has 4 aromatic rings. The number of para-hydroxylation sites is 2. The summed E-state index contributed by atoms with van der Waals surface area (Å²) >= 11 is 0. The van der Waals surface area contributed by atoms with Crippen LogP contribution in [-0.4, -0.2) is 22.4 Å². The van der Waals surface area contributed by atoms with Gasteiger partial charge in [0.05, 0.1) is 11.4 Å². The molecule has 0 N–H and O–H groups in total. The molecule has 1 aromatic heterocycles. The van der Waals surface area contributed by atoms with Gasteiger partial charge in [0.25, 0.3) is 11.8 Å². The van der Waals surface area contributed by atoms with Crippen LogP contribution < -0.4 is 9.80 Å². The molecule has 0 unspecified atom stereocenters. The van der Waals surface area contributed by atoms with Crippen molar-refractivity contribution in [2.45, 2.75) is 27.2 Å². The maximum Gasteiger partial charge on any atom is 0.343 e. The first-order valence-electron chi connectivity index (χ1n) is 12.2. The Labute approximate surface area is 216 Å². The summed E-state index contributed by atoms with van der Waals surface area (Å²) in [5.74, 6) is -1.30. The molecule has 5 rings (SSSR count). The van der Waals surface area contributed by atoms with Gasteiger partial charge in [-0.3, -0.25) is 9.59 Å². The third-order valence-corrected chi connectivity index (χ3v) is 6.65. The summed E-state index contributed by atoms with van der Waals surface area (Å²) in [7, 11) is 0. The number of aryl methyl sites for hydroxylation is 2. The smallest absolute Gasteiger partial charge is 0.318 e. The van der Waals surface area contributed by atoms with Crippen molar-refractivity contribution in [2.24, 2.45) is 0 Å². The van der Waals surface area contributed by atoms with Crippen LogP contribution in [0.3, 0.4) is 0 Å². The van der Waals surface area contributed by atoms with Crippen molar-refractivity contribution in [2.75, 3.05) is 9.80 Å². The molecular formula is C31H27N3O3. The molecule has 6 heteroatoms. The highest BCUT2D eigenvalue weighted by Crippen LogP contribution is 2.31. The Balaban J connectivity index is 1.63. The normalized spacial score (nSPS) is 13.9. The summed E-state index contributed by atoms with van der Waals surface area (Å²) in [5.41, 5.74) is 5.59. The Bertz CT molecular complexity index is 1450. The Hall–Kier alpha value is -4.71. The van der Waals surface area contributed by atoms with Gasteiger partial charge in [0.1, 0.15) is 5.57 Å². The van der Waals surface area contributed by atoms with Crippen molar-refractivity contribution >= 4 is 35.3 Å². The summed E-state index contributed by atoms with van der Waals surface area (Å²) < 4.78 is 2.10. The number of carbonyl (C=O) groups excluding carboxylic acids is 3. The summed E-state index contributed by atoms with van der Waals surface area (Å²) in [5, 5.41) is 0. The highest BCUT2D eigenvalue weighted by Gasteiger charge is 2.43. The van der Waals surface area contributed by atoms with E-state index in [-0.39, 0.29) is 5.57 Å². The second-order valence-electron chi connectivity index (χ2n) is 8.97. The minimum Gasteiger partial charge on any atom is -0.318 e. The Morgan fingerprint density at radius 2 is 1.19 bits per heavy atom. The molecular weight excluding hydrogens is 462 g/mol. The highest BCUT2D eigenvalue weighted by atomic mass is 16.2. The van der Waals surface area contributed by atoms with E-state index in [1.54, 1.807) is 66.7 Å². The molecule has 0 atom stereocenters. The summed E-state index contributed by atoms with van der Waals surface area (Å²) in [6.45, 7) is 6.06. The van der Waals surface area contributed by atoms with Crippen molar-refractivity contribution in [3.8, 4) is 5.69 Å². The van der Waals surface area contributed by atoms with Crippen molar-refractivity contribution in [1.29, 1.82) is 0 Å². The molecule has 1 fully saturated rings. The van der Waals surface area contributed by atoms with Gasteiger partial charge in [-0.2, -0.15) is 0 Å². The number of carbonyl (C=O) groups is 3. The van der Waals surface area contributed by atoms with Crippen LogP contribution in [0.2, 0.25) is 0 Å². The number of aromatic nitrogens is 1. The Morgan fingerprint density at radius 3 is 1.68 bits per heavy atom. The molecule has 0 spiro atoms. The molecule has 2 heterocycles. The predicted octanol–water partition coefficient (Wildman–Crippen LogP) is 6.24. The van der Waals surface area contributed by atoms with E-state index >= 15 is 0 Å². The van der Waals surface area contributed by atoms with E-state index in [1.165, 1.54) is 5.56 Å². The van der Waals surface area contributed by atoms with Crippen LogP contribution in [-0.2, 0) is 16.0 Å². The number of rotatable bonds is 5.